The Kier molecular flexibility index (Phi) is 5.43. The number of rotatable bonds is 4. The summed E-state index contributed by atoms with van der Waals surface area (Å²) >= 11 is 0. The summed E-state index contributed by atoms with van der Waals surface area (Å²) in [7, 11) is 0. The molecule has 1 heterocycles. The molecule has 114 valence electrons. The van der Waals surface area contributed by atoms with E-state index in [1.807, 2.05) is 0 Å². The van der Waals surface area contributed by atoms with Gasteiger partial charge in [-0.15, -0.1) is 0 Å². The van der Waals surface area contributed by atoms with Crippen molar-refractivity contribution in [2.45, 2.75) is 39.0 Å². The molecule has 0 bridgehead atoms. The molecule has 0 aliphatic carbocycles. The minimum Gasteiger partial charge on any atom is -0.465 e. The van der Waals surface area contributed by atoms with Crippen LogP contribution in [0.4, 0.5) is 4.79 Å². The van der Waals surface area contributed by atoms with Crippen LogP contribution in [0.1, 0.15) is 50.2 Å². The van der Waals surface area contributed by atoms with Gasteiger partial charge in [-0.3, -0.25) is 0 Å². The van der Waals surface area contributed by atoms with Gasteiger partial charge in [0.2, 0.25) is 0 Å². The number of benzene rings is 1. The lowest BCUT2D eigenvalue weighted by molar-refractivity contribution is 0.129. The van der Waals surface area contributed by atoms with Gasteiger partial charge < -0.3 is 10.0 Å². The highest BCUT2D eigenvalue weighted by Crippen LogP contribution is 2.22. The van der Waals surface area contributed by atoms with Gasteiger partial charge in [-0.2, -0.15) is 0 Å². The first-order chi connectivity index (χ1) is 10.1. The smallest absolute Gasteiger partial charge is 0.407 e. The zero-order valence-electron chi connectivity index (χ0n) is 13.0. The summed E-state index contributed by atoms with van der Waals surface area (Å²) < 4.78 is 0. The number of piperidine rings is 1. The van der Waals surface area contributed by atoms with Crippen LogP contribution in [0.3, 0.4) is 0 Å². The van der Waals surface area contributed by atoms with Gasteiger partial charge in [-0.1, -0.05) is 50.3 Å². The minimum absolute atomic E-state index is 0.495. The van der Waals surface area contributed by atoms with Gasteiger partial charge in [0.15, 0.2) is 0 Å². The van der Waals surface area contributed by atoms with E-state index in [-0.39, 0.29) is 0 Å². The lowest BCUT2D eigenvalue weighted by atomic mass is 9.95. The number of carboxylic acid groups (broad SMARTS) is 1. The van der Waals surface area contributed by atoms with Crippen molar-refractivity contribution in [1.82, 2.24) is 4.90 Å². The second-order valence-corrected chi connectivity index (χ2v) is 5.94. The van der Waals surface area contributed by atoms with Gasteiger partial charge in [0.25, 0.3) is 0 Å². The van der Waals surface area contributed by atoms with Crippen LogP contribution in [0.15, 0.2) is 30.3 Å². The molecule has 1 saturated heterocycles. The Hall–Kier alpha value is -1.77. The third-order valence-electron chi connectivity index (χ3n) is 4.49. The van der Waals surface area contributed by atoms with Gasteiger partial charge in [0, 0.05) is 13.1 Å². The quantitative estimate of drug-likeness (QED) is 0.879. The van der Waals surface area contributed by atoms with E-state index in [0.29, 0.717) is 24.9 Å². The Bertz CT molecular complexity index is 484. The van der Waals surface area contributed by atoms with E-state index in [2.05, 4.69) is 50.3 Å². The van der Waals surface area contributed by atoms with E-state index in [9.17, 15) is 4.79 Å². The molecule has 1 atom stereocenters. The van der Waals surface area contributed by atoms with Crippen LogP contribution in [0.25, 0.3) is 6.08 Å². The number of hydrogen-bond acceptors (Lipinski definition) is 1. The van der Waals surface area contributed by atoms with E-state index in [1.54, 1.807) is 0 Å². The molecule has 1 unspecified atom stereocenters. The zero-order chi connectivity index (χ0) is 15.2. The first-order valence-corrected chi connectivity index (χ1v) is 7.86. The maximum absolute atomic E-state index is 10.9. The second kappa shape index (κ2) is 7.30. The van der Waals surface area contributed by atoms with Crippen molar-refractivity contribution >= 4 is 12.2 Å². The average molecular weight is 287 g/mol. The largest absolute Gasteiger partial charge is 0.465 e. The lowest BCUT2D eigenvalue weighted by Gasteiger charge is -2.28. The van der Waals surface area contributed by atoms with Gasteiger partial charge in [0.1, 0.15) is 0 Å². The maximum Gasteiger partial charge on any atom is 0.407 e. The van der Waals surface area contributed by atoms with Crippen molar-refractivity contribution < 1.29 is 9.90 Å². The standard InChI is InChI=1S/C18H25NO2/c1-3-14(2)17-8-6-15(7-9-17)4-5-16-10-12-19(13-11-16)18(20)21/h4-9,14,16H,3,10-13H2,1-2H3,(H,20,21)/b5-4+. The molecule has 3 nitrogen and oxygen atoms in total. The summed E-state index contributed by atoms with van der Waals surface area (Å²) in [5.74, 6) is 1.11. The van der Waals surface area contributed by atoms with E-state index >= 15 is 0 Å². The van der Waals surface area contributed by atoms with Gasteiger partial charge in [-0.25, -0.2) is 4.79 Å². The van der Waals surface area contributed by atoms with Crippen LogP contribution in [0.5, 0.6) is 0 Å². The van der Waals surface area contributed by atoms with Crippen molar-refractivity contribution in [2.24, 2.45) is 5.92 Å². The summed E-state index contributed by atoms with van der Waals surface area (Å²) in [4.78, 5) is 12.4. The summed E-state index contributed by atoms with van der Waals surface area (Å²) in [6, 6.07) is 8.76. The normalized spacial score (nSPS) is 18.1. The zero-order valence-corrected chi connectivity index (χ0v) is 13.0. The monoisotopic (exact) mass is 287 g/mol. The molecule has 1 aliphatic rings. The number of carbonyl (C=O) groups is 1. The molecule has 1 fully saturated rings. The SMILES string of the molecule is CCC(C)c1ccc(/C=C/C2CCN(C(=O)O)CC2)cc1. The molecule has 0 saturated carbocycles. The topological polar surface area (TPSA) is 40.5 Å². The molecule has 21 heavy (non-hydrogen) atoms. The number of likely N-dealkylation sites (tertiary alicyclic amines) is 1. The van der Waals surface area contributed by atoms with Crippen LogP contribution in [-0.4, -0.2) is 29.2 Å². The predicted octanol–water partition coefficient (Wildman–Crippen LogP) is 4.60. The van der Waals surface area contributed by atoms with E-state index in [1.165, 1.54) is 16.0 Å². The molecular formula is C18H25NO2. The fraction of sp³-hybridized carbons (Fsp3) is 0.500. The van der Waals surface area contributed by atoms with Crippen molar-refractivity contribution in [3.8, 4) is 0 Å². The first kappa shape index (κ1) is 15.6. The molecule has 3 heteroatoms. The van der Waals surface area contributed by atoms with Crippen LogP contribution in [0, 0.1) is 5.92 Å². The Morgan fingerprint density at radius 2 is 1.95 bits per heavy atom. The van der Waals surface area contributed by atoms with Crippen molar-refractivity contribution in [2.75, 3.05) is 13.1 Å². The summed E-state index contributed by atoms with van der Waals surface area (Å²) in [6.45, 7) is 5.76. The third-order valence-corrected chi connectivity index (χ3v) is 4.49. The fourth-order valence-electron chi connectivity index (χ4n) is 2.70. The van der Waals surface area contributed by atoms with Gasteiger partial charge >= 0.3 is 6.09 Å². The van der Waals surface area contributed by atoms with Crippen molar-refractivity contribution in [3.63, 3.8) is 0 Å². The molecule has 1 amide bonds. The third kappa shape index (κ3) is 4.35. The highest BCUT2D eigenvalue weighted by atomic mass is 16.4. The minimum atomic E-state index is -0.793. The lowest BCUT2D eigenvalue weighted by Crippen LogP contribution is -2.36. The molecule has 0 aromatic heterocycles. The van der Waals surface area contributed by atoms with E-state index in [0.717, 1.165) is 19.3 Å². The molecule has 2 rings (SSSR count). The summed E-state index contributed by atoms with van der Waals surface area (Å²) in [6.07, 6.45) is 6.62. The number of hydrogen-bond donors (Lipinski definition) is 1. The summed E-state index contributed by atoms with van der Waals surface area (Å²) in [5, 5.41) is 8.93. The predicted molar refractivity (Wildman–Crippen MR) is 86.5 cm³/mol. The Labute approximate surface area is 127 Å². The van der Waals surface area contributed by atoms with Crippen molar-refractivity contribution in [1.29, 1.82) is 0 Å². The fourth-order valence-corrected chi connectivity index (χ4v) is 2.70. The highest BCUT2D eigenvalue weighted by molar-refractivity contribution is 5.65. The first-order valence-electron chi connectivity index (χ1n) is 7.86. The van der Waals surface area contributed by atoms with Gasteiger partial charge in [0.05, 0.1) is 0 Å². The van der Waals surface area contributed by atoms with Crippen LogP contribution in [0.2, 0.25) is 0 Å². The molecule has 0 radical (unpaired) electrons. The molecular weight excluding hydrogens is 262 g/mol. The number of amides is 1. The Balaban J connectivity index is 1.88. The van der Waals surface area contributed by atoms with Gasteiger partial charge in [-0.05, 0) is 42.2 Å². The van der Waals surface area contributed by atoms with Crippen LogP contribution in [-0.2, 0) is 0 Å². The Morgan fingerprint density at radius 1 is 1.33 bits per heavy atom. The number of nitrogens with zero attached hydrogens (tertiary/aromatic N) is 1. The van der Waals surface area contributed by atoms with Crippen LogP contribution < -0.4 is 0 Å². The molecule has 1 aromatic carbocycles. The number of allylic oxidation sites excluding steroid dienone is 1. The molecule has 1 aromatic rings. The highest BCUT2D eigenvalue weighted by Gasteiger charge is 2.20. The maximum atomic E-state index is 10.9. The summed E-state index contributed by atoms with van der Waals surface area (Å²) in [5.41, 5.74) is 2.62. The molecule has 0 spiro atoms. The molecule has 1 aliphatic heterocycles. The second-order valence-electron chi connectivity index (χ2n) is 5.94. The Morgan fingerprint density at radius 3 is 2.48 bits per heavy atom. The van der Waals surface area contributed by atoms with Crippen molar-refractivity contribution in [3.05, 3.63) is 41.5 Å². The average Bonchev–Trinajstić information content (AvgIpc) is 2.53. The van der Waals surface area contributed by atoms with E-state index < -0.39 is 6.09 Å². The van der Waals surface area contributed by atoms with Crippen LogP contribution >= 0.6 is 0 Å². The molecule has 1 N–H and O–H groups in total. The van der Waals surface area contributed by atoms with E-state index in [4.69, 9.17) is 5.11 Å².